The van der Waals surface area contributed by atoms with E-state index in [0.29, 0.717) is 5.56 Å². The summed E-state index contributed by atoms with van der Waals surface area (Å²) in [5.41, 5.74) is 2.72. The van der Waals surface area contributed by atoms with Gasteiger partial charge >= 0.3 is 5.97 Å². The van der Waals surface area contributed by atoms with Crippen LogP contribution in [-0.2, 0) is 12.8 Å². The van der Waals surface area contributed by atoms with Crippen LogP contribution in [0.25, 0.3) is 0 Å². The summed E-state index contributed by atoms with van der Waals surface area (Å²) in [7, 11) is 0. The highest BCUT2D eigenvalue weighted by molar-refractivity contribution is 5.88. The third-order valence-corrected chi connectivity index (χ3v) is 4.17. The average Bonchev–Trinajstić information content (AvgIpc) is 2.55. The number of hydrogen-bond donors (Lipinski definition) is 1. The maximum absolute atomic E-state index is 11.0. The van der Waals surface area contributed by atoms with Crippen molar-refractivity contribution in [3.8, 4) is 5.75 Å². The Labute approximate surface area is 130 Å². The van der Waals surface area contributed by atoms with Crippen molar-refractivity contribution in [1.82, 2.24) is 0 Å². The van der Waals surface area contributed by atoms with Crippen LogP contribution in [0.2, 0.25) is 0 Å². The smallest absolute Gasteiger partial charge is 0.335 e. The zero-order chi connectivity index (χ0) is 15.4. The van der Waals surface area contributed by atoms with E-state index in [0.717, 1.165) is 43.4 Å². The number of rotatable bonds is 5. The lowest BCUT2D eigenvalue weighted by Crippen LogP contribution is -2.23. The first-order valence-corrected chi connectivity index (χ1v) is 7.79. The van der Waals surface area contributed by atoms with Crippen LogP contribution in [0.1, 0.15) is 40.7 Å². The summed E-state index contributed by atoms with van der Waals surface area (Å²) in [6.07, 6.45) is 5.32. The van der Waals surface area contributed by atoms with E-state index < -0.39 is 5.97 Å². The summed E-state index contributed by atoms with van der Waals surface area (Å²) in [4.78, 5) is 11.0. The molecular weight excluding hydrogens is 276 g/mol. The first kappa shape index (κ1) is 14.6. The number of hydrogen-bond acceptors (Lipinski definition) is 2. The fraction of sp³-hybridized carbons (Fsp3) is 0.316. The molecule has 0 spiro atoms. The molecule has 0 amide bonds. The zero-order valence-electron chi connectivity index (χ0n) is 12.5. The van der Waals surface area contributed by atoms with Gasteiger partial charge in [0.25, 0.3) is 0 Å². The number of carboxylic acids is 1. The Morgan fingerprint density at radius 3 is 2.77 bits per heavy atom. The number of fused-ring (bicyclic) bond motifs is 1. The SMILES string of the molecule is O=C(O)c1ccc2c(c1)CCC(CCCc1ccccc1)O2. The van der Waals surface area contributed by atoms with E-state index in [9.17, 15) is 4.79 Å². The van der Waals surface area contributed by atoms with Crippen molar-refractivity contribution in [3.05, 3.63) is 65.2 Å². The third kappa shape index (κ3) is 3.48. The van der Waals surface area contributed by atoms with Gasteiger partial charge in [-0.1, -0.05) is 30.3 Å². The Kier molecular flexibility index (Phi) is 4.42. The summed E-state index contributed by atoms with van der Waals surface area (Å²) in [5.74, 6) is -0.0336. The van der Waals surface area contributed by atoms with Crippen molar-refractivity contribution in [2.75, 3.05) is 0 Å². The summed E-state index contributed by atoms with van der Waals surface area (Å²) in [5, 5.41) is 9.02. The van der Waals surface area contributed by atoms with Crippen LogP contribution in [0.5, 0.6) is 5.75 Å². The molecule has 1 aliphatic rings. The second-order valence-electron chi connectivity index (χ2n) is 5.78. The van der Waals surface area contributed by atoms with Crippen LogP contribution >= 0.6 is 0 Å². The quantitative estimate of drug-likeness (QED) is 0.903. The second-order valence-corrected chi connectivity index (χ2v) is 5.78. The maximum atomic E-state index is 11.0. The molecular formula is C19H20O3. The van der Waals surface area contributed by atoms with Crippen LogP contribution in [0.4, 0.5) is 0 Å². The van der Waals surface area contributed by atoms with Crippen molar-refractivity contribution in [2.24, 2.45) is 0 Å². The highest BCUT2D eigenvalue weighted by atomic mass is 16.5. The van der Waals surface area contributed by atoms with Crippen LogP contribution in [0.3, 0.4) is 0 Å². The number of aromatic carboxylic acids is 1. The highest BCUT2D eigenvalue weighted by Gasteiger charge is 2.20. The molecule has 0 saturated carbocycles. The second kappa shape index (κ2) is 6.65. The van der Waals surface area contributed by atoms with Gasteiger partial charge in [-0.05, 0) is 61.4 Å². The van der Waals surface area contributed by atoms with Crippen molar-refractivity contribution >= 4 is 5.97 Å². The molecule has 0 fully saturated rings. The lowest BCUT2D eigenvalue weighted by Gasteiger charge is -2.26. The molecule has 3 heteroatoms. The van der Waals surface area contributed by atoms with E-state index in [1.54, 1.807) is 18.2 Å². The van der Waals surface area contributed by atoms with E-state index in [4.69, 9.17) is 9.84 Å². The molecule has 3 rings (SSSR count). The lowest BCUT2D eigenvalue weighted by molar-refractivity contribution is 0.0696. The van der Waals surface area contributed by atoms with E-state index in [2.05, 4.69) is 24.3 Å². The molecule has 0 radical (unpaired) electrons. The molecule has 22 heavy (non-hydrogen) atoms. The molecule has 0 aliphatic carbocycles. The molecule has 0 saturated heterocycles. The molecule has 1 unspecified atom stereocenters. The van der Waals surface area contributed by atoms with Crippen LogP contribution in [0, 0.1) is 0 Å². The summed E-state index contributed by atoms with van der Waals surface area (Å²) >= 11 is 0. The summed E-state index contributed by atoms with van der Waals surface area (Å²) < 4.78 is 6.01. The van der Waals surface area contributed by atoms with Gasteiger partial charge in [-0.3, -0.25) is 0 Å². The number of benzene rings is 2. The number of aryl methyl sites for hydroxylation is 2. The van der Waals surface area contributed by atoms with Gasteiger partial charge < -0.3 is 9.84 Å². The molecule has 1 aliphatic heterocycles. The van der Waals surface area contributed by atoms with Gasteiger partial charge in [0.1, 0.15) is 5.75 Å². The molecule has 0 aromatic heterocycles. The minimum atomic E-state index is -0.882. The Balaban J connectivity index is 1.55. The molecule has 1 N–H and O–H groups in total. The van der Waals surface area contributed by atoms with Gasteiger partial charge in [0.15, 0.2) is 0 Å². The highest BCUT2D eigenvalue weighted by Crippen LogP contribution is 2.30. The molecule has 2 aromatic carbocycles. The van der Waals surface area contributed by atoms with Crippen molar-refractivity contribution < 1.29 is 14.6 Å². The van der Waals surface area contributed by atoms with Gasteiger partial charge in [0, 0.05) is 0 Å². The molecule has 3 nitrogen and oxygen atoms in total. The van der Waals surface area contributed by atoms with Crippen LogP contribution in [0.15, 0.2) is 48.5 Å². The van der Waals surface area contributed by atoms with E-state index >= 15 is 0 Å². The van der Waals surface area contributed by atoms with Gasteiger partial charge in [-0.15, -0.1) is 0 Å². The first-order valence-electron chi connectivity index (χ1n) is 7.79. The van der Waals surface area contributed by atoms with Crippen LogP contribution < -0.4 is 4.74 Å². The Morgan fingerprint density at radius 1 is 1.18 bits per heavy atom. The summed E-state index contributed by atoms with van der Waals surface area (Å²) in [6.45, 7) is 0. The molecule has 1 atom stereocenters. The Bertz CT molecular complexity index is 649. The number of carboxylic acid groups (broad SMARTS) is 1. The molecule has 114 valence electrons. The maximum Gasteiger partial charge on any atom is 0.335 e. The topological polar surface area (TPSA) is 46.5 Å². The number of ether oxygens (including phenoxy) is 1. The normalized spacial score (nSPS) is 16.6. The average molecular weight is 296 g/mol. The predicted octanol–water partition coefficient (Wildman–Crippen LogP) is 4.10. The van der Waals surface area contributed by atoms with Crippen molar-refractivity contribution in [2.45, 2.75) is 38.2 Å². The van der Waals surface area contributed by atoms with E-state index in [1.165, 1.54) is 5.56 Å². The number of carbonyl (C=O) groups is 1. The van der Waals surface area contributed by atoms with Crippen molar-refractivity contribution in [3.63, 3.8) is 0 Å². The monoisotopic (exact) mass is 296 g/mol. The first-order chi connectivity index (χ1) is 10.7. The van der Waals surface area contributed by atoms with Gasteiger partial charge in [-0.25, -0.2) is 4.79 Å². The van der Waals surface area contributed by atoms with E-state index in [1.807, 2.05) is 6.07 Å². The molecule has 2 aromatic rings. The minimum Gasteiger partial charge on any atom is -0.490 e. The Morgan fingerprint density at radius 2 is 2.00 bits per heavy atom. The van der Waals surface area contributed by atoms with Gasteiger partial charge in [0.2, 0.25) is 0 Å². The van der Waals surface area contributed by atoms with Gasteiger partial charge in [-0.2, -0.15) is 0 Å². The fourth-order valence-electron chi connectivity index (χ4n) is 2.96. The zero-order valence-corrected chi connectivity index (χ0v) is 12.5. The van der Waals surface area contributed by atoms with Crippen molar-refractivity contribution in [1.29, 1.82) is 0 Å². The predicted molar refractivity (Wildman–Crippen MR) is 85.5 cm³/mol. The van der Waals surface area contributed by atoms with Crippen LogP contribution in [-0.4, -0.2) is 17.2 Å². The standard InChI is InChI=1S/C19H20O3/c20-19(21)16-10-12-18-15(13-16)9-11-17(22-18)8-4-7-14-5-2-1-3-6-14/h1-3,5-6,10,12-13,17H,4,7-9,11H2,(H,20,21). The summed E-state index contributed by atoms with van der Waals surface area (Å²) in [6, 6.07) is 15.6. The van der Waals surface area contributed by atoms with Gasteiger partial charge in [0.05, 0.1) is 11.7 Å². The van der Waals surface area contributed by atoms with E-state index in [-0.39, 0.29) is 6.10 Å². The Hall–Kier alpha value is -2.29. The molecule has 0 bridgehead atoms. The molecule has 1 heterocycles. The fourth-order valence-corrected chi connectivity index (χ4v) is 2.96. The lowest BCUT2D eigenvalue weighted by atomic mass is 9.96. The third-order valence-electron chi connectivity index (χ3n) is 4.17. The largest absolute Gasteiger partial charge is 0.490 e. The minimum absolute atomic E-state index is 0.242.